The van der Waals surface area contributed by atoms with Crippen LogP contribution in [0, 0.1) is 5.92 Å². The average molecular weight is 405 g/mol. The number of rotatable bonds is 10. The van der Waals surface area contributed by atoms with E-state index in [4.69, 9.17) is 0 Å². The van der Waals surface area contributed by atoms with Crippen molar-refractivity contribution in [2.24, 2.45) is 5.92 Å². The van der Waals surface area contributed by atoms with E-state index in [1.54, 1.807) is 0 Å². The van der Waals surface area contributed by atoms with Crippen LogP contribution in [0.4, 0.5) is 0 Å². The first kappa shape index (κ1) is 21.8. The molecular formula is C28H37P. The van der Waals surface area contributed by atoms with Crippen molar-refractivity contribution in [1.29, 1.82) is 0 Å². The van der Waals surface area contributed by atoms with Crippen molar-refractivity contribution in [2.75, 3.05) is 0 Å². The quantitative estimate of drug-likeness (QED) is 0.330. The molecule has 1 heteroatoms. The molecule has 3 rings (SSSR count). The van der Waals surface area contributed by atoms with E-state index >= 15 is 0 Å². The van der Waals surface area contributed by atoms with Gasteiger partial charge in [-0.15, -0.1) is 0 Å². The molecule has 3 aromatic rings. The molecule has 0 heterocycles. The minimum atomic E-state index is -2.12. The Hall–Kier alpha value is -1.91. The molecule has 0 saturated heterocycles. The molecule has 2 atom stereocenters. The van der Waals surface area contributed by atoms with Gasteiger partial charge >= 0.3 is 179 Å². The van der Waals surface area contributed by atoms with Crippen molar-refractivity contribution in [1.82, 2.24) is 0 Å². The average Bonchev–Trinajstić information content (AvgIpc) is 2.77. The zero-order valence-corrected chi connectivity index (χ0v) is 19.4. The molecule has 0 aromatic heterocycles. The third-order valence-corrected chi connectivity index (χ3v) is 12.0. The van der Waals surface area contributed by atoms with Crippen LogP contribution in [0.3, 0.4) is 0 Å². The Morgan fingerprint density at radius 3 is 1.38 bits per heavy atom. The molecule has 3 aromatic carbocycles. The Morgan fingerprint density at radius 2 is 1.00 bits per heavy atom. The van der Waals surface area contributed by atoms with Gasteiger partial charge in [-0.2, -0.15) is 0 Å². The molecule has 0 amide bonds. The predicted octanol–water partition coefficient (Wildman–Crippen LogP) is 6.71. The van der Waals surface area contributed by atoms with Gasteiger partial charge in [0.15, 0.2) is 0 Å². The third kappa shape index (κ3) is 4.99. The van der Waals surface area contributed by atoms with Gasteiger partial charge in [-0.05, 0) is 0 Å². The molecule has 2 unspecified atom stereocenters. The second-order valence-electron chi connectivity index (χ2n) is 8.63. The van der Waals surface area contributed by atoms with Crippen LogP contribution in [0.5, 0.6) is 0 Å². The normalized spacial score (nSPS) is 14.3. The van der Waals surface area contributed by atoms with Gasteiger partial charge in [-0.1, -0.05) is 0 Å². The Morgan fingerprint density at radius 1 is 0.586 bits per heavy atom. The van der Waals surface area contributed by atoms with Crippen molar-refractivity contribution >= 4 is 23.2 Å². The molecule has 29 heavy (non-hydrogen) atoms. The van der Waals surface area contributed by atoms with E-state index in [9.17, 15) is 0 Å². The van der Waals surface area contributed by atoms with Gasteiger partial charge in [-0.25, -0.2) is 0 Å². The van der Waals surface area contributed by atoms with E-state index in [-0.39, 0.29) is 0 Å². The van der Waals surface area contributed by atoms with E-state index < -0.39 is 7.26 Å². The van der Waals surface area contributed by atoms with Gasteiger partial charge in [0.25, 0.3) is 0 Å². The first-order valence-corrected chi connectivity index (χ1v) is 13.4. The summed E-state index contributed by atoms with van der Waals surface area (Å²) in [5, 5.41) is 4.60. The van der Waals surface area contributed by atoms with Crippen molar-refractivity contribution in [3.8, 4) is 0 Å². The molecule has 0 radical (unpaired) electrons. The topological polar surface area (TPSA) is 0 Å². The minimum absolute atomic E-state index is 0.642. The Balaban J connectivity index is 2.05. The van der Waals surface area contributed by atoms with Crippen molar-refractivity contribution < 1.29 is 0 Å². The monoisotopic (exact) mass is 404 g/mol. The van der Waals surface area contributed by atoms with Crippen LogP contribution >= 0.6 is 7.26 Å². The molecular weight excluding hydrogens is 367 g/mol. The van der Waals surface area contributed by atoms with Gasteiger partial charge < -0.3 is 0 Å². The van der Waals surface area contributed by atoms with Crippen LogP contribution < -0.4 is 15.9 Å². The maximum absolute atomic E-state index is 2.52. The summed E-state index contributed by atoms with van der Waals surface area (Å²) in [6.45, 7) is 7.24. The molecule has 0 nitrogen and oxygen atoms in total. The molecule has 0 aliphatic carbocycles. The summed E-state index contributed by atoms with van der Waals surface area (Å²) >= 11 is 0. The van der Waals surface area contributed by atoms with E-state index in [0.29, 0.717) is 5.66 Å². The molecule has 0 aliphatic heterocycles. The molecule has 0 N–H and O–H groups in total. The van der Waals surface area contributed by atoms with E-state index in [1.165, 1.54) is 48.0 Å². The van der Waals surface area contributed by atoms with E-state index in [2.05, 4.69) is 112 Å². The number of hydrogen-bond donors (Lipinski definition) is 0. The zero-order valence-electron chi connectivity index (χ0n) is 18.4. The van der Waals surface area contributed by atoms with Gasteiger partial charge in [-0.3, -0.25) is 0 Å². The first-order chi connectivity index (χ1) is 14.2. The Labute approximate surface area is 178 Å². The molecule has 0 saturated carbocycles. The Bertz CT molecular complexity index is 729. The molecule has 0 fully saturated rings. The summed E-state index contributed by atoms with van der Waals surface area (Å²) in [5.41, 5.74) is 0.642. The second-order valence-corrected chi connectivity index (χ2v) is 13.0. The fraction of sp³-hybridized carbons (Fsp3) is 0.357. The van der Waals surface area contributed by atoms with Crippen molar-refractivity contribution in [2.45, 2.75) is 58.5 Å². The molecule has 0 bridgehead atoms. The SMILES string of the molecule is CCCC(C)CCCC(C)[PH](c1ccccc1)(c1ccccc1)c1ccccc1. The summed E-state index contributed by atoms with van der Waals surface area (Å²) in [6.07, 6.45) is 6.62. The van der Waals surface area contributed by atoms with Crippen molar-refractivity contribution in [3.63, 3.8) is 0 Å². The van der Waals surface area contributed by atoms with Crippen LogP contribution in [0.1, 0.15) is 52.9 Å². The van der Waals surface area contributed by atoms with Crippen LogP contribution in [-0.4, -0.2) is 5.66 Å². The number of hydrogen-bond acceptors (Lipinski definition) is 0. The molecule has 0 aliphatic rings. The summed E-state index contributed by atoms with van der Waals surface area (Å²) in [4.78, 5) is 0. The van der Waals surface area contributed by atoms with Gasteiger partial charge in [0, 0.05) is 0 Å². The Kier molecular flexibility index (Phi) is 8.08. The standard InChI is InChI=1S/C28H37P/c1-4-15-24(2)16-14-17-25(3)29(26-18-8-5-9-19-26,27-20-10-6-11-21-27)28-22-12-7-13-23-28/h5-13,18-25,29H,4,14-17H2,1-3H3. The molecule has 154 valence electrons. The maximum atomic E-state index is 2.52. The summed E-state index contributed by atoms with van der Waals surface area (Å²) in [6, 6.07) is 34.0. The fourth-order valence-corrected chi connectivity index (χ4v) is 10.6. The van der Waals surface area contributed by atoms with Crippen LogP contribution in [-0.2, 0) is 0 Å². The number of benzene rings is 3. The first-order valence-electron chi connectivity index (χ1n) is 11.4. The third-order valence-electron chi connectivity index (χ3n) is 6.54. The summed E-state index contributed by atoms with van der Waals surface area (Å²) in [5.74, 6) is 0.841. The van der Waals surface area contributed by atoms with Gasteiger partial charge in [0.1, 0.15) is 0 Å². The molecule has 0 spiro atoms. The zero-order chi connectivity index (χ0) is 20.5. The van der Waals surface area contributed by atoms with E-state index in [0.717, 1.165) is 5.92 Å². The van der Waals surface area contributed by atoms with Crippen LogP contribution in [0.15, 0.2) is 91.0 Å². The fourth-order valence-electron chi connectivity index (χ4n) is 5.08. The predicted molar refractivity (Wildman–Crippen MR) is 134 cm³/mol. The van der Waals surface area contributed by atoms with E-state index in [1.807, 2.05) is 0 Å². The van der Waals surface area contributed by atoms with Crippen LogP contribution in [0.2, 0.25) is 0 Å². The summed E-state index contributed by atoms with van der Waals surface area (Å²) < 4.78 is 0. The van der Waals surface area contributed by atoms with Crippen molar-refractivity contribution in [3.05, 3.63) is 91.0 Å². The second kappa shape index (κ2) is 10.7. The van der Waals surface area contributed by atoms with Gasteiger partial charge in [0.2, 0.25) is 0 Å². The van der Waals surface area contributed by atoms with Gasteiger partial charge in [0.05, 0.1) is 0 Å². The summed E-state index contributed by atoms with van der Waals surface area (Å²) in [7, 11) is -2.12. The van der Waals surface area contributed by atoms with Crippen LogP contribution in [0.25, 0.3) is 0 Å².